The third kappa shape index (κ3) is 2.52. The third-order valence-electron chi connectivity index (χ3n) is 4.81. The van der Waals surface area contributed by atoms with Gasteiger partial charge in [-0.25, -0.2) is 0 Å². The number of phenolic OH excluding ortho intramolecular Hbond substituents is 1. The molecule has 1 aliphatic heterocycles. The summed E-state index contributed by atoms with van der Waals surface area (Å²) in [7, 11) is 2.04. The van der Waals surface area contributed by atoms with Gasteiger partial charge in [-0.3, -0.25) is 10.1 Å². The van der Waals surface area contributed by atoms with E-state index >= 15 is 0 Å². The van der Waals surface area contributed by atoms with Gasteiger partial charge in [0.05, 0.1) is 11.0 Å². The van der Waals surface area contributed by atoms with Crippen molar-refractivity contribution in [3.05, 3.63) is 69.8 Å². The second kappa shape index (κ2) is 5.67. The van der Waals surface area contributed by atoms with Gasteiger partial charge in [0.25, 0.3) is 5.69 Å². The fraction of sp³-hybridized carbons (Fsp3) is 0.263. The number of fused-ring (bicyclic) bond motifs is 1. The molecular formula is C19H20N2O3. The maximum atomic E-state index is 10.9. The SMILES string of the molecule is CN1c2ccccc2C(C)(C)C1C=Cc1cc([N+](=O)[O-])ccc1O. The van der Waals surface area contributed by atoms with Crippen LogP contribution in [-0.4, -0.2) is 23.1 Å². The van der Waals surface area contributed by atoms with Crippen LogP contribution in [-0.2, 0) is 5.41 Å². The zero-order valence-corrected chi connectivity index (χ0v) is 13.9. The van der Waals surface area contributed by atoms with E-state index in [2.05, 4.69) is 30.9 Å². The van der Waals surface area contributed by atoms with Crippen LogP contribution >= 0.6 is 0 Å². The molecule has 0 saturated heterocycles. The molecule has 5 nitrogen and oxygen atoms in total. The maximum Gasteiger partial charge on any atom is 0.270 e. The number of hydrogen-bond acceptors (Lipinski definition) is 4. The third-order valence-corrected chi connectivity index (χ3v) is 4.81. The van der Waals surface area contributed by atoms with Gasteiger partial charge in [0, 0.05) is 35.8 Å². The maximum absolute atomic E-state index is 10.9. The molecule has 1 N–H and O–H groups in total. The minimum absolute atomic E-state index is 0.0326. The Labute approximate surface area is 141 Å². The van der Waals surface area contributed by atoms with E-state index < -0.39 is 4.92 Å². The summed E-state index contributed by atoms with van der Waals surface area (Å²) in [6.07, 6.45) is 3.76. The lowest BCUT2D eigenvalue weighted by Crippen LogP contribution is -2.37. The summed E-state index contributed by atoms with van der Waals surface area (Å²) in [6, 6.07) is 12.4. The first kappa shape index (κ1) is 16.1. The molecule has 0 radical (unpaired) electrons. The molecule has 2 aromatic carbocycles. The van der Waals surface area contributed by atoms with Crippen molar-refractivity contribution < 1.29 is 10.0 Å². The van der Waals surface area contributed by atoms with Gasteiger partial charge in [-0.05, 0) is 17.7 Å². The van der Waals surface area contributed by atoms with Gasteiger partial charge in [-0.2, -0.15) is 0 Å². The second-order valence-corrected chi connectivity index (χ2v) is 6.65. The Kier molecular flexibility index (Phi) is 3.79. The summed E-state index contributed by atoms with van der Waals surface area (Å²) < 4.78 is 0. The molecule has 0 bridgehead atoms. The van der Waals surface area contributed by atoms with E-state index in [-0.39, 0.29) is 22.9 Å². The van der Waals surface area contributed by atoms with E-state index in [0.29, 0.717) is 5.56 Å². The zero-order chi connectivity index (χ0) is 17.5. The number of nitro groups is 1. The van der Waals surface area contributed by atoms with Gasteiger partial charge in [-0.15, -0.1) is 0 Å². The minimum Gasteiger partial charge on any atom is -0.507 e. The van der Waals surface area contributed by atoms with E-state index in [0.717, 1.165) is 0 Å². The Morgan fingerprint density at radius 3 is 2.62 bits per heavy atom. The summed E-state index contributed by atoms with van der Waals surface area (Å²) >= 11 is 0. The number of anilines is 1. The number of phenols is 1. The summed E-state index contributed by atoms with van der Waals surface area (Å²) in [4.78, 5) is 12.7. The lowest BCUT2D eigenvalue weighted by Gasteiger charge is -2.29. The first-order valence-electron chi connectivity index (χ1n) is 7.80. The highest BCUT2D eigenvalue weighted by molar-refractivity contribution is 5.68. The van der Waals surface area contributed by atoms with Crippen molar-refractivity contribution >= 4 is 17.5 Å². The molecule has 0 amide bonds. The smallest absolute Gasteiger partial charge is 0.270 e. The zero-order valence-electron chi connectivity index (χ0n) is 13.9. The van der Waals surface area contributed by atoms with Crippen molar-refractivity contribution in [1.82, 2.24) is 0 Å². The molecule has 124 valence electrons. The highest BCUT2D eigenvalue weighted by atomic mass is 16.6. The first-order chi connectivity index (χ1) is 11.3. The van der Waals surface area contributed by atoms with Crippen molar-refractivity contribution in [3.63, 3.8) is 0 Å². The van der Waals surface area contributed by atoms with Crippen LogP contribution in [0.25, 0.3) is 6.08 Å². The molecule has 1 unspecified atom stereocenters. The van der Waals surface area contributed by atoms with Crippen LogP contribution in [0.5, 0.6) is 5.75 Å². The number of hydrogen-bond donors (Lipinski definition) is 1. The van der Waals surface area contributed by atoms with Crippen molar-refractivity contribution in [2.24, 2.45) is 0 Å². The predicted octanol–water partition coefficient (Wildman–Crippen LogP) is 4.11. The van der Waals surface area contributed by atoms with Gasteiger partial charge in [0.15, 0.2) is 0 Å². The molecule has 0 aromatic heterocycles. The van der Waals surface area contributed by atoms with Crippen LogP contribution in [0, 0.1) is 10.1 Å². The summed E-state index contributed by atoms with van der Waals surface area (Å²) in [5, 5.41) is 20.9. The number of rotatable bonds is 3. The topological polar surface area (TPSA) is 66.6 Å². The van der Waals surface area contributed by atoms with Gasteiger partial charge >= 0.3 is 0 Å². The van der Waals surface area contributed by atoms with Gasteiger partial charge < -0.3 is 10.0 Å². The van der Waals surface area contributed by atoms with Crippen LogP contribution in [0.1, 0.15) is 25.0 Å². The van der Waals surface area contributed by atoms with E-state index in [1.807, 2.05) is 25.3 Å². The van der Waals surface area contributed by atoms with Gasteiger partial charge in [0.1, 0.15) is 5.75 Å². The average molecular weight is 324 g/mol. The standard InChI is InChI=1S/C19H20N2O3/c1-19(2)15-6-4-5-7-16(15)20(3)18(19)11-8-13-12-14(21(23)24)9-10-17(13)22/h4-12,18,22H,1-3H3. The molecule has 0 saturated carbocycles. The number of aromatic hydroxyl groups is 1. The monoisotopic (exact) mass is 324 g/mol. The quantitative estimate of drug-likeness (QED) is 0.681. The number of nitrogens with zero attached hydrogens (tertiary/aromatic N) is 2. The van der Waals surface area contributed by atoms with Crippen molar-refractivity contribution in [1.29, 1.82) is 0 Å². The van der Waals surface area contributed by atoms with Crippen LogP contribution in [0.4, 0.5) is 11.4 Å². The normalized spacial score (nSPS) is 18.8. The second-order valence-electron chi connectivity index (χ2n) is 6.65. The Bertz CT molecular complexity index is 827. The van der Waals surface area contributed by atoms with Crippen molar-refractivity contribution in [2.45, 2.75) is 25.3 Å². The molecule has 1 aliphatic rings. The Morgan fingerprint density at radius 1 is 1.25 bits per heavy atom. The summed E-state index contributed by atoms with van der Waals surface area (Å²) in [5.41, 5.74) is 2.77. The number of nitro benzene ring substituents is 1. The molecule has 5 heteroatoms. The Morgan fingerprint density at radius 2 is 1.96 bits per heavy atom. The molecule has 1 atom stereocenters. The molecule has 3 rings (SSSR count). The van der Waals surface area contributed by atoms with Crippen molar-refractivity contribution in [2.75, 3.05) is 11.9 Å². The molecule has 0 spiro atoms. The number of likely N-dealkylation sites (N-methyl/N-ethyl adjacent to an activating group) is 1. The first-order valence-corrected chi connectivity index (χ1v) is 7.80. The van der Waals surface area contributed by atoms with E-state index in [1.165, 1.54) is 29.4 Å². The van der Waals surface area contributed by atoms with Crippen LogP contribution in [0.3, 0.4) is 0 Å². The highest BCUT2D eigenvalue weighted by Crippen LogP contribution is 2.44. The largest absolute Gasteiger partial charge is 0.507 e. The number of benzene rings is 2. The highest BCUT2D eigenvalue weighted by Gasteiger charge is 2.41. The van der Waals surface area contributed by atoms with E-state index in [1.54, 1.807) is 6.08 Å². The Balaban J connectivity index is 1.96. The van der Waals surface area contributed by atoms with Gasteiger partial charge in [0.2, 0.25) is 0 Å². The predicted molar refractivity (Wildman–Crippen MR) is 95.5 cm³/mol. The van der Waals surface area contributed by atoms with Crippen LogP contribution in [0.2, 0.25) is 0 Å². The molecule has 24 heavy (non-hydrogen) atoms. The molecule has 0 fully saturated rings. The van der Waals surface area contributed by atoms with E-state index in [4.69, 9.17) is 0 Å². The fourth-order valence-corrected chi connectivity index (χ4v) is 3.47. The fourth-order valence-electron chi connectivity index (χ4n) is 3.47. The molecule has 1 heterocycles. The summed E-state index contributed by atoms with van der Waals surface area (Å²) in [5.74, 6) is 0.0350. The molecule has 2 aromatic rings. The molecule has 0 aliphatic carbocycles. The number of para-hydroxylation sites is 1. The van der Waals surface area contributed by atoms with E-state index in [9.17, 15) is 15.2 Å². The van der Waals surface area contributed by atoms with Crippen molar-refractivity contribution in [3.8, 4) is 5.75 Å². The molecular weight excluding hydrogens is 304 g/mol. The lowest BCUT2D eigenvalue weighted by atomic mass is 9.80. The Hall–Kier alpha value is -2.82. The minimum atomic E-state index is -0.460. The lowest BCUT2D eigenvalue weighted by molar-refractivity contribution is -0.384. The number of non-ortho nitro benzene ring substituents is 1. The average Bonchev–Trinajstić information content (AvgIpc) is 2.74. The summed E-state index contributed by atoms with van der Waals surface area (Å²) in [6.45, 7) is 4.36. The van der Waals surface area contributed by atoms with Crippen LogP contribution in [0.15, 0.2) is 48.5 Å². The van der Waals surface area contributed by atoms with Gasteiger partial charge in [-0.1, -0.05) is 44.2 Å². The van der Waals surface area contributed by atoms with Crippen LogP contribution < -0.4 is 4.90 Å².